The molecule has 0 amide bonds. The summed E-state index contributed by atoms with van der Waals surface area (Å²) in [5.74, 6) is 1.73. The molecule has 17 heavy (non-hydrogen) atoms. The molecule has 1 heterocycles. The Hall–Kier alpha value is -2.32. The minimum atomic E-state index is -0.486. The van der Waals surface area contributed by atoms with Crippen molar-refractivity contribution in [3.63, 3.8) is 0 Å². The van der Waals surface area contributed by atoms with Gasteiger partial charge in [0, 0.05) is 6.54 Å². The first-order valence-corrected chi connectivity index (χ1v) is 5.19. The topological polar surface area (TPSA) is 46.6 Å². The lowest BCUT2D eigenvalue weighted by Gasteiger charge is -2.29. The molecule has 1 aliphatic heterocycles. The van der Waals surface area contributed by atoms with E-state index in [0.717, 1.165) is 11.8 Å². The molecule has 86 valence electrons. The Morgan fingerprint density at radius 3 is 2.76 bits per heavy atom. The van der Waals surface area contributed by atoms with Crippen LogP contribution in [0, 0.1) is 0 Å². The Bertz CT molecular complexity index is 475. The van der Waals surface area contributed by atoms with E-state index in [1.165, 1.54) is 6.26 Å². The van der Waals surface area contributed by atoms with Crippen LogP contribution in [0.4, 0.5) is 0 Å². The fourth-order valence-corrected chi connectivity index (χ4v) is 1.65. The van der Waals surface area contributed by atoms with E-state index in [4.69, 9.17) is 4.74 Å². The molecule has 1 atom stereocenters. The van der Waals surface area contributed by atoms with Gasteiger partial charge in [0.05, 0.1) is 6.26 Å². The smallest absolute Gasteiger partial charge is 0.284 e. The second kappa shape index (κ2) is 5.14. The summed E-state index contributed by atoms with van der Waals surface area (Å²) < 4.78 is 5.02. The quantitative estimate of drug-likeness (QED) is 0.578. The van der Waals surface area contributed by atoms with Crippen LogP contribution in [0.3, 0.4) is 0 Å². The number of hydrogen-bond acceptors (Lipinski definition) is 4. The molecule has 0 saturated heterocycles. The first-order chi connectivity index (χ1) is 8.35. The van der Waals surface area contributed by atoms with E-state index in [1.807, 2.05) is 30.3 Å². The van der Waals surface area contributed by atoms with Crippen LogP contribution in [-0.4, -0.2) is 23.2 Å². The minimum Gasteiger partial charge on any atom is -0.440 e. The molecule has 0 aromatic heterocycles. The van der Waals surface area contributed by atoms with Gasteiger partial charge in [-0.05, 0) is 11.6 Å². The molecule has 0 saturated carbocycles. The van der Waals surface area contributed by atoms with Crippen molar-refractivity contribution in [2.45, 2.75) is 12.6 Å². The highest BCUT2D eigenvalue weighted by molar-refractivity contribution is 5.63. The average molecular weight is 229 g/mol. The molecular formula is C13H11NO3. The van der Waals surface area contributed by atoms with Gasteiger partial charge >= 0.3 is 0 Å². The van der Waals surface area contributed by atoms with Gasteiger partial charge in [-0.2, -0.15) is 0 Å². The van der Waals surface area contributed by atoms with Gasteiger partial charge in [-0.1, -0.05) is 30.3 Å². The lowest BCUT2D eigenvalue weighted by molar-refractivity contribution is -0.111. The van der Waals surface area contributed by atoms with E-state index in [9.17, 15) is 9.59 Å². The number of aldehydes is 1. The van der Waals surface area contributed by atoms with Gasteiger partial charge in [0.1, 0.15) is 12.3 Å². The molecule has 0 radical (unpaired) electrons. The summed E-state index contributed by atoms with van der Waals surface area (Å²) in [7, 11) is 0. The first kappa shape index (κ1) is 11.2. The Morgan fingerprint density at radius 2 is 2.12 bits per heavy atom. The van der Waals surface area contributed by atoms with Gasteiger partial charge in [-0.3, -0.25) is 0 Å². The van der Waals surface area contributed by atoms with E-state index in [2.05, 4.69) is 0 Å². The van der Waals surface area contributed by atoms with Crippen molar-refractivity contribution in [1.82, 2.24) is 4.90 Å². The second-order valence-corrected chi connectivity index (χ2v) is 3.59. The predicted molar refractivity (Wildman–Crippen MR) is 61.3 cm³/mol. The Kier molecular flexibility index (Phi) is 3.38. The average Bonchev–Trinajstić information content (AvgIpc) is 2.40. The van der Waals surface area contributed by atoms with Gasteiger partial charge < -0.3 is 14.4 Å². The molecule has 2 rings (SSSR count). The first-order valence-electron chi connectivity index (χ1n) is 5.19. The SMILES string of the molecule is O=C=C1OC=C[C@@H](C=O)N1Cc1ccccc1. The maximum absolute atomic E-state index is 10.9. The number of carbonyl (C=O) groups is 1. The van der Waals surface area contributed by atoms with Crippen LogP contribution in [0.25, 0.3) is 0 Å². The predicted octanol–water partition coefficient (Wildman–Crippen LogP) is 1.27. The minimum absolute atomic E-state index is 0.0356. The second-order valence-electron chi connectivity index (χ2n) is 3.59. The molecule has 0 N–H and O–H groups in total. The Labute approximate surface area is 98.8 Å². The number of rotatable bonds is 3. The summed E-state index contributed by atoms with van der Waals surface area (Å²) in [5, 5.41) is 0. The molecule has 0 fully saturated rings. The highest BCUT2D eigenvalue weighted by Gasteiger charge is 2.23. The highest BCUT2D eigenvalue weighted by Crippen LogP contribution is 2.18. The summed E-state index contributed by atoms with van der Waals surface area (Å²) in [4.78, 5) is 23.2. The number of benzene rings is 1. The maximum Gasteiger partial charge on any atom is 0.284 e. The number of hydrogen-bond donors (Lipinski definition) is 0. The molecule has 0 bridgehead atoms. The van der Waals surface area contributed by atoms with E-state index < -0.39 is 6.04 Å². The van der Waals surface area contributed by atoms with Crippen LogP contribution in [0.2, 0.25) is 0 Å². The molecule has 1 aromatic rings. The normalized spacial score (nSPS) is 18.5. The third-order valence-electron chi connectivity index (χ3n) is 2.50. The van der Waals surface area contributed by atoms with Crippen molar-refractivity contribution < 1.29 is 14.3 Å². The van der Waals surface area contributed by atoms with Crippen molar-refractivity contribution in [1.29, 1.82) is 0 Å². The maximum atomic E-state index is 10.9. The number of nitrogens with zero attached hydrogens (tertiary/aromatic N) is 1. The van der Waals surface area contributed by atoms with Crippen molar-refractivity contribution in [3.05, 3.63) is 54.1 Å². The zero-order valence-corrected chi connectivity index (χ0v) is 9.08. The van der Waals surface area contributed by atoms with Gasteiger partial charge in [0.25, 0.3) is 5.88 Å². The standard InChI is InChI=1S/C13H11NO3/c15-9-12-6-7-17-13(10-16)14(12)8-11-4-2-1-3-5-11/h1-7,9,12H,8H2/t12-/m0/s1. The molecule has 0 aliphatic carbocycles. The van der Waals surface area contributed by atoms with E-state index in [1.54, 1.807) is 16.9 Å². The zero-order valence-electron chi connectivity index (χ0n) is 9.08. The molecule has 4 heteroatoms. The van der Waals surface area contributed by atoms with Crippen LogP contribution in [0.15, 0.2) is 48.6 Å². The third-order valence-corrected chi connectivity index (χ3v) is 2.50. The molecule has 0 spiro atoms. The van der Waals surface area contributed by atoms with Gasteiger partial charge in [-0.25, -0.2) is 4.79 Å². The van der Waals surface area contributed by atoms with Crippen LogP contribution in [0.5, 0.6) is 0 Å². The zero-order chi connectivity index (χ0) is 12.1. The van der Waals surface area contributed by atoms with Crippen LogP contribution in [0.1, 0.15) is 5.56 Å². The third kappa shape index (κ3) is 2.44. The van der Waals surface area contributed by atoms with Crippen molar-refractivity contribution in [2.75, 3.05) is 0 Å². The summed E-state index contributed by atoms with van der Waals surface area (Å²) in [6, 6.07) is 9.06. The summed E-state index contributed by atoms with van der Waals surface area (Å²) >= 11 is 0. The monoisotopic (exact) mass is 229 g/mol. The number of carbonyl (C=O) groups excluding carboxylic acids is 2. The van der Waals surface area contributed by atoms with Gasteiger partial charge in [0.15, 0.2) is 5.94 Å². The van der Waals surface area contributed by atoms with E-state index in [-0.39, 0.29) is 5.88 Å². The van der Waals surface area contributed by atoms with Crippen LogP contribution >= 0.6 is 0 Å². The fourth-order valence-electron chi connectivity index (χ4n) is 1.65. The molecule has 0 unspecified atom stereocenters. The van der Waals surface area contributed by atoms with Crippen LogP contribution < -0.4 is 0 Å². The lowest BCUT2D eigenvalue weighted by Crippen LogP contribution is -2.37. The fraction of sp³-hybridized carbons (Fsp3) is 0.154. The molecule has 1 aromatic carbocycles. The molecular weight excluding hydrogens is 218 g/mol. The van der Waals surface area contributed by atoms with E-state index in [0.29, 0.717) is 6.54 Å². The Balaban J connectivity index is 2.24. The highest BCUT2D eigenvalue weighted by atomic mass is 16.5. The molecule has 1 aliphatic rings. The Morgan fingerprint density at radius 1 is 1.35 bits per heavy atom. The van der Waals surface area contributed by atoms with Crippen molar-refractivity contribution in [3.8, 4) is 0 Å². The summed E-state index contributed by atoms with van der Waals surface area (Å²) in [6.07, 6.45) is 3.69. The van der Waals surface area contributed by atoms with Crippen molar-refractivity contribution >= 4 is 12.2 Å². The summed E-state index contributed by atoms with van der Waals surface area (Å²) in [5.41, 5.74) is 0.992. The van der Waals surface area contributed by atoms with Gasteiger partial charge in [0.2, 0.25) is 0 Å². The van der Waals surface area contributed by atoms with E-state index >= 15 is 0 Å². The lowest BCUT2D eigenvalue weighted by atomic mass is 10.1. The molecule has 4 nitrogen and oxygen atoms in total. The van der Waals surface area contributed by atoms with Crippen molar-refractivity contribution in [2.24, 2.45) is 0 Å². The summed E-state index contributed by atoms with van der Waals surface area (Å²) in [6.45, 7) is 0.430. The largest absolute Gasteiger partial charge is 0.440 e. The van der Waals surface area contributed by atoms with Crippen LogP contribution in [-0.2, 0) is 20.9 Å². The van der Waals surface area contributed by atoms with Gasteiger partial charge in [-0.15, -0.1) is 0 Å². The number of ether oxygens (including phenoxy) is 1.